The molecule has 1 aromatic rings. The molecule has 30 heavy (non-hydrogen) atoms. The predicted octanol–water partition coefficient (Wildman–Crippen LogP) is 1.34. The van der Waals surface area contributed by atoms with Gasteiger partial charge in [0.15, 0.2) is 6.54 Å². The van der Waals surface area contributed by atoms with Crippen molar-refractivity contribution in [2.45, 2.75) is 44.0 Å². The molecule has 1 atom stereocenters. The van der Waals surface area contributed by atoms with E-state index in [0.29, 0.717) is 5.71 Å². The number of hydrogen-bond acceptors (Lipinski definition) is 6. The van der Waals surface area contributed by atoms with Crippen LogP contribution in [0.25, 0.3) is 0 Å². The van der Waals surface area contributed by atoms with Gasteiger partial charge in [0.25, 0.3) is 0 Å². The summed E-state index contributed by atoms with van der Waals surface area (Å²) in [5, 5.41) is -0.189. The number of aryl methyl sites for hydroxylation is 1. The predicted molar refractivity (Wildman–Crippen MR) is 112 cm³/mol. The number of rotatable bonds is 6. The normalized spacial score (nSPS) is 22.6. The molecular weight excluding hydrogens is 424 g/mol. The quantitative estimate of drug-likeness (QED) is 0.526. The van der Waals surface area contributed by atoms with Crippen LogP contribution >= 0.6 is 11.3 Å². The number of carbonyl (C=O) groups is 2. The van der Waals surface area contributed by atoms with Crippen molar-refractivity contribution in [3.05, 3.63) is 39.9 Å². The Bertz CT molecular complexity index is 1180. The summed E-state index contributed by atoms with van der Waals surface area (Å²) in [6, 6.07) is -0.536. The van der Waals surface area contributed by atoms with E-state index >= 15 is 0 Å². The highest BCUT2D eigenvalue weighted by Crippen LogP contribution is 2.36. The molecule has 1 saturated carbocycles. The van der Waals surface area contributed by atoms with Crippen molar-refractivity contribution in [3.63, 3.8) is 0 Å². The van der Waals surface area contributed by atoms with Crippen molar-refractivity contribution in [3.8, 4) is 12.3 Å². The second-order valence-corrected chi connectivity index (χ2v) is 11.0. The van der Waals surface area contributed by atoms with E-state index in [1.165, 1.54) is 34.1 Å². The summed E-state index contributed by atoms with van der Waals surface area (Å²) in [5.41, 5.74) is 0.0569. The van der Waals surface area contributed by atoms with E-state index in [1.54, 1.807) is 6.20 Å². The molecular formula is C20H21N4O4S2+. The Balaban J connectivity index is 1.72. The monoisotopic (exact) mass is 445 g/mol. The zero-order chi connectivity index (χ0) is 21.7. The van der Waals surface area contributed by atoms with Gasteiger partial charge < -0.3 is 0 Å². The Hall–Kier alpha value is -2.61. The van der Waals surface area contributed by atoms with Gasteiger partial charge in [-0.25, -0.2) is 22.9 Å². The minimum Gasteiger partial charge on any atom is -0.250 e. The molecule has 0 bridgehead atoms. The molecule has 4 rings (SSSR count). The molecule has 0 spiro atoms. The molecule has 1 aromatic heterocycles. The lowest BCUT2D eigenvalue weighted by molar-refractivity contribution is -0.422. The number of carbonyl (C=O) groups excluding carboxylic acids is 2. The fourth-order valence-corrected chi connectivity index (χ4v) is 5.80. The molecule has 1 N–H and O–H groups in total. The summed E-state index contributed by atoms with van der Waals surface area (Å²) >= 11 is 1.39. The lowest BCUT2D eigenvalue weighted by Crippen LogP contribution is -2.52. The lowest BCUT2D eigenvalue weighted by atomic mass is 9.99. The Morgan fingerprint density at radius 3 is 2.77 bits per heavy atom. The SMILES string of the molecule is C#CC[N+]1=C2C=CC(S(=O)(=O)NC3(C)CC3)C=C2C(=O)N(Cc2cnc(C)s2)C1=O. The molecule has 156 valence electrons. The molecule has 0 saturated heterocycles. The zero-order valence-corrected chi connectivity index (χ0v) is 18.2. The van der Waals surface area contributed by atoms with Gasteiger partial charge >= 0.3 is 11.9 Å². The second kappa shape index (κ2) is 7.27. The van der Waals surface area contributed by atoms with Gasteiger partial charge in [-0.15, -0.1) is 17.8 Å². The van der Waals surface area contributed by atoms with Crippen LogP contribution in [0.1, 0.15) is 29.7 Å². The van der Waals surface area contributed by atoms with Crippen LogP contribution in [0, 0.1) is 19.3 Å². The van der Waals surface area contributed by atoms with Gasteiger partial charge in [-0.2, -0.15) is 14.3 Å². The van der Waals surface area contributed by atoms with Gasteiger partial charge in [0.05, 0.1) is 9.88 Å². The van der Waals surface area contributed by atoms with E-state index in [4.69, 9.17) is 6.42 Å². The van der Waals surface area contributed by atoms with E-state index in [-0.39, 0.29) is 18.7 Å². The van der Waals surface area contributed by atoms with Crippen LogP contribution in [0.15, 0.2) is 30.0 Å². The van der Waals surface area contributed by atoms with E-state index < -0.39 is 32.8 Å². The van der Waals surface area contributed by atoms with Crippen LogP contribution < -0.4 is 4.72 Å². The zero-order valence-electron chi connectivity index (χ0n) is 16.6. The topological polar surface area (TPSA) is 99.4 Å². The van der Waals surface area contributed by atoms with Gasteiger partial charge in [0.2, 0.25) is 10.0 Å². The number of imide groups is 1. The Kier molecular flexibility index (Phi) is 5.00. The standard InChI is InChI=1S/C20H21N4O4S2/c1-4-9-23-17-6-5-15(30(27,28)22-20(3)7-8-20)10-16(17)18(25)24(19(23)26)12-14-11-21-13(2)29-14/h1,5-6,10-11,15,22H,7-9,12H2,2-3H3/q+1. The maximum Gasteiger partial charge on any atom is 0.502 e. The third-order valence-corrected chi connectivity index (χ3v) is 7.94. The van der Waals surface area contributed by atoms with E-state index in [2.05, 4.69) is 15.6 Å². The number of sulfonamides is 1. The van der Waals surface area contributed by atoms with Crippen LogP contribution in [-0.4, -0.2) is 57.9 Å². The molecule has 1 unspecified atom stereocenters. The van der Waals surface area contributed by atoms with Gasteiger partial charge in [0.1, 0.15) is 23.1 Å². The number of fused-ring (bicyclic) bond motifs is 1. The van der Waals surface area contributed by atoms with Crippen molar-refractivity contribution in [2.75, 3.05) is 6.54 Å². The lowest BCUT2D eigenvalue weighted by Gasteiger charge is -2.25. The van der Waals surface area contributed by atoms with Gasteiger partial charge in [-0.05, 0) is 38.8 Å². The van der Waals surface area contributed by atoms with Crippen molar-refractivity contribution >= 4 is 39.0 Å². The first-order chi connectivity index (χ1) is 14.1. The Labute approximate surface area is 179 Å². The molecule has 2 heterocycles. The third kappa shape index (κ3) is 3.76. The Morgan fingerprint density at radius 1 is 1.43 bits per heavy atom. The van der Waals surface area contributed by atoms with E-state index in [0.717, 1.165) is 27.6 Å². The van der Waals surface area contributed by atoms with E-state index in [1.807, 2.05) is 13.8 Å². The largest absolute Gasteiger partial charge is 0.502 e. The minimum absolute atomic E-state index is 0.0327. The fraction of sp³-hybridized carbons (Fsp3) is 0.400. The summed E-state index contributed by atoms with van der Waals surface area (Å²) in [4.78, 5) is 32.1. The smallest absolute Gasteiger partial charge is 0.250 e. The second-order valence-electron chi connectivity index (χ2n) is 7.81. The molecule has 1 fully saturated rings. The maximum atomic E-state index is 13.2. The van der Waals surface area contributed by atoms with E-state index in [9.17, 15) is 18.0 Å². The molecule has 3 aliphatic rings. The summed E-state index contributed by atoms with van der Waals surface area (Å²) in [6.45, 7) is 3.70. The molecule has 2 aliphatic carbocycles. The van der Waals surface area contributed by atoms with Gasteiger partial charge in [0, 0.05) is 11.7 Å². The number of nitrogens with one attached hydrogen (secondary N) is 1. The number of thiazole rings is 1. The third-order valence-electron chi connectivity index (χ3n) is 5.26. The van der Waals surface area contributed by atoms with Crippen LogP contribution in [-0.2, 0) is 21.4 Å². The fourth-order valence-electron chi connectivity index (χ4n) is 3.39. The summed E-state index contributed by atoms with van der Waals surface area (Å²) in [5.74, 6) is 1.88. The van der Waals surface area contributed by atoms with Crippen molar-refractivity contribution < 1.29 is 22.6 Å². The van der Waals surface area contributed by atoms with Gasteiger partial charge in [-0.3, -0.25) is 0 Å². The van der Waals surface area contributed by atoms with Gasteiger partial charge in [-0.1, -0.05) is 12.0 Å². The number of amides is 3. The van der Waals surface area contributed by atoms with Crippen LogP contribution in [0.3, 0.4) is 0 Å². The first-order valence-corrected chi connectivity index (χ1v) is 11.8. The number of hydrogen-bond donors (Lipinski definition) is 1. The highest BCUT2D eigenvalue weighted by atomic mass is 32.2. The highest BCUT2D eigenvalue weighted by molar-refractivity contribution is 7.90. The maximum absolute atomic E-state index is 13.2. The first kappa shape index (κ1) is 20.7. The molecule has 10 heteroatoms. The molecule has 3 amide bonds. The minimum atomic E-state index is -3.72. The Morgan fingerprint density at radius 2 is 2.17 bits per heavy atom. The number of aromatic nitrogens is 1. The number of nitrogens with zero attached hydrogens (tertiary/aromatic N) is 3. The number of urea groups is 1. The molecule has 1 aliphatic heterocycles. The molecule has 8 nitrogen and oxygen atoms in total. The average Bonchev–Trinajstić information content (AvgIpc) is 3.26. The molecule has 0 radical (unpaired) electrons. The van der Waals surface area contributed by atoms with Crippen molar-refractivity contribution in [2.24, 2.45) is 0 Å². The number of terminal acetylenes is 1. The van der Waals surface area contributed by atoms with Crippen LogP contribution in [0.4, 0.5) is 4.79 Å². The first-order valence-electron chi connectivity index (χ1n) is 9.42. The summed E-state index contributed by atoms with van der Waals surface area (Å²) in [6.07, 6.45) is 13.0. The molecule has 0 aromatic carbocycles. The average molecular weight is 446 g/mol. The van der Waals surface area contributed by atoms with Crippen LogP contribution in [0.2, 0.25) is 0 Å². The van der Waals surface area contributed by atoms with Crippen molar-refractivity contribution in [1.29, 1.82) is 0 Å². The van der Waals surface area contributed by atoms with Crippen LogP contribution in [0.5, 0.6) is 0 Å². The highest BCUT2D eigenvalue weighted by Gasteiger charge is 2.47. The summed E-state index contributed by atoms with van der Waals surface area (Å²) < 4.78 is 29.6. The number of allylic oxidation sites excluding steroid dienone is 1. The summed E-state index contributed by atoms with van der Waals surface area (Å²) in [7, 11) is -3.72. The van der Waals surface area contributed by atoms with Crippen molar-refractivity contribution in [1.82, 2.24) is 14.6 Å².